The van der Waals surface area contributed by atoms with Gasteiger partial charge in [-0.2, -0.15) is 0 Å². The fourth-order valence-corrected chi connectivity index (χ4v) is 4.85. The molecule has 2 N–H and O–H groups in total. The lowest BCUT2D eigenvalue weighted by Gasteiger charge is -2.39. The summed E-state index contributed by atoms with van der Waals surface area (Å²) in [5, 5.41) is 0.866. The molecular weight excluding hydrogens is 208 g/mol. The van der Waals surface area contributed by atoms with Crippen molar-refractivity contribution in [2.75, 3.05) is 0 Å². The van der Waals surface area contributed by atoms with E-state index in [1.807, 2.05) is 0 Å². The third-order valence-corrected chi connectivity index (χ3v) is 5.46. The Morgan fingerprint density at radius 2 is 1.56 bits per heavy atom. The molecule has 84 valence electrons. The van der Waals surface area contributed by atoms with Crippen molar-refractivity contribution in [3.63, 3.8) is 0 Å². The first kappa shape index (κ1) is 8.20. The molecule has 6 fully saturated rings. The van der Waals surface area contributed by atoms with Gasteiger partial charge in [0.15, 0.2) is 0 Å². The molecule has 2 amide bonds. The second-order valence-electron chi connectivity index (χ2n) is 5.88. The average molecular weight is 220 g/mol. The van der Waals surface area contributed by atoms with Gasteiger partial charge in [-0.05, 0) is 18.3 Å². The molecule has 2 saturated heterocycles. The lowest BCUT2D eigenvalue weighted by Crippen LogP contribution is -2.48. The van der Waals surface area contributed by atoms with Crippen LogP contribution in [0.1, 0.15) is 6.42 Å². The van der Waals surface area contributed by atoms with Gasteiger partial charge in [0.1, 0.15) is 0 Å². The summed E-state index contributed by atoms with van der Waals surface area (Å²) < 4.78 is 5.67. The van der Waals surface area contributed by atoms with E-state index in [1.54, 1.807) is 0 Å². The number of carbonyl (C=O) groups is 2. The molecule has 2 heterocycles. The summed E-state index contributed by atoms with van der Waals surface area (Å²) in [6.45, 7) is 0. The summed E-state index contributed by atoms with van der Waals surface area (Å²) in [4.78, 5) is 24.0. The van der Waals surface area contributed by atoms with E-state index in [-0.39, 0.29) is 47.7 Å². The first-order valence-corrected chi connectivity index (χ1v) is 5.98. The summed E-state index contributed by atoms with van der Waals surface area (Å²) in [5.41, 5.74) is 0. The molecule has 5 nitrogen and oxygen atoms in total. The molecule has 0 spiro atoms. The van der Waals surface area contributed by atoms with Crippen LogP contribution < -0.4 is 5.84 Å². The number of imide groups is 1. The Bertz CT molecular complexity index is 395. The molecule has 0 aromatic heterocycles. The highest BCUT2D eigenvalue weighted by Crippen LogP contribution is 2.72. The lowest BCUT2D eigenvalue weighted by molar-refractivity contribution is -0.140. The van der Waals surface area contributed by atoms with Crippen molar-refractivity contribution >= 4 is 11.8 Å². The molecule has 4 saturated carbocycles. The van der Waals surface area contributed by atoms with Crippen molar-refractivity contribution in [1.29, 1.82) is 0 Å². The Balaban J connectivity index is 1.70. The van der Waals surface area contributed by atoms with Crippen LogP contribution in [0.2, 0.25) is 0 Å². The van der Waals surface area contributed by atoms with Crippen LogP contribution in [0.4, 0.5) is 0 Å². The maximum absolute atomic E-state index is 12.0. The Labute approximate surface area is 91.9 Å². The van der Waals surface area contributed by atoms with Gasteiger partial charge in [0.25, 0.3) is 0 Å². The van der Waals surface area contributed by atoms with E-state index in [2.05, 4.69) is 0 Å². The van der Waals surface area contributed by atoms with E-state index < -0.39 is 0 Å². The van der Waals surface area contributed by atoms with Crippen LogP contribution in [0.25, 0.3) is 0 Å². The molecule has 2 aliphatic heterocycles. The standard InChI is InChI=1S/C11H12N2O3/c12-13-10(14)6-4-2-1-3(2)5(7(6)11(13)15)9-8(4)16-9/h2-9H,1,12H2/t2-,3+,4-,5-,6-,7+,8+,9-/m1/s1. The quantitative estimate of drug-likeness (QED) is 0.249. The predicted octanol–water partition coefficient (Wildman–Crippen LogP) is -0.876. The van der Waals surface area contributed by atoms with Crippen LogP contribution in [-0.4, -0.2) is 29.0 Å². The zero-order valence-electron chi connectivity index (χ0n) is 8.58. The molecule has 16 heavy (non-hydrogen) atoms. The number of ether oxygens (including phenoxy) is 1. The van der Waals surface area contributed by atoms with E-state index >= 15 is 0 Å². The molecule has 0 unspecified atom stereocenters. The number of nitrogens with zero attached hydrogens (tertiary/aromatic N) is 1. The number of rotatable bonds is 0. The maximum Gasteiger partial charge on any atom is 0.247 e. The summed E-state index contributed by atoms with van der Waals surface area (Å²) in [7, 11) is 0. The monoisotopic (exact) mass is 220 g/mol. The van der Waals surface area contributed by atoms with Gasteiger partial charge in [-0.1, -0.05) is 0 Å². The SMILES string of the molecule is NN1C(=O)[C@@H]2[C@H](C1=O)[C@H]1[C@@H]3C[C@@H]3[C@H]2[C@H]2O[C@H]21. The summed E-state index contributed by atoms with van der Waals surface area (Å²) in [5.74, 6) is 6.76. The van der Waals surface area contributed by atoms with Gasteiger partial charge < -0.3 is 4.74 Å². The maximum atomic E-state index is 12.0. The normalized spacial score (nSPS) is 64.2. The Kier molecular flexibility index (Phi) is 1.06. The number of epoxide rings is 1. The van der Waals surface area contributed by atoms with Crippen molar-refractivity contribution in [2.45, 2.75) is 18.6 Å². The lowest BCUT2D eigenvalue weighted by atomic mass is 9.59. The van der Waals surface area contributed by atoms with Crippen molar-refractivity contribution in [1.82, 2.24) is 5.01 Å². The number of carbonyl (C=O) groups excluding carboxylic acids is 2. The molecule has 5 heteroatoms. The third-order valence-electron chi connectivity index (χ3n) is 5.46. The predicted molar refractivity (Wildman–Crippen MR) is 50.3 cm³/mol. The van der Waals surface area contributed by atoms with Crippen molar-refractivity contribution in [3.8, 4) is 0 Å². The summed E-state index contributed by atoms with van der Waals surface area (Å²) in [6, 6.07) is 0. The fourth-order valence-electron chi connectivity index (χ4n) is 4.85. The number of hydrogen-bond donors (Lipinski definition) is 1. The minimum Gasteiger partial charge on any atom is -0.369 e. The van der Waals surface area contributed by atoms with Crippen LogP contribution in [-0.2, 0) is 14.3 Å². The van der Waals surface area contributed by atoms with Crippen molar-refractivity contribution < 1.29 is 14.3 Å². The average Bonchev–Trinajstić information content (AvgIpc) is 3.13. The van der Waals surface area contributed by atoms with E-state index in [4.69, 9.17) is 10.6 Å². The largest absolute Gasteiger partial charge is 0.369 e. The molecular formula is C11H12N2O3. The van der Waals surface area contributed by atoms with Gasteiger partial charge in [0.05, 0.1) is 24.0 Å². The molecule has 2 bridgehead atoms. The minimum absolute atomic E-state index is 0.157. The van der Waals surface area contributed by atoms with Crippen LogP contribution in [0.3, 0.4) is 0 Å². The minimum atomic E-state index is -0.163. The smallest absolute Gasteiger partial charge is 0.247 e. The molecule has 6 aliphatic rings. The van der Waals surface area contributed by atoms with E-state index in [9.17, 15) is 9.59 Å². The summed E-state index contributed by atoms with van der Waals surface area (Å²) >= 11 is 0. The number of nitrogens with two attached hydrogens (primary N) is 1. The second kappa shape index (κ2) is 2.07. The van der Waals surface area contributed by atoms with E-state index in [1.165, 1.54) is 6.42 Å². The first-order valence-electron chi connectivity index (χ1n) is 5.98. The zero-order chi connectivity index (χ0) is 10.8. The van der Waals surface area contributed by atoms with E-state index in [0.29, 0.717) is 11.8 Å². The molecule has 0 aromatic rings. The van der Waals surface area contributed by atoms with Gasteiger partial charge in [0.2, 0.25) is 11.8 Å². The first-order chi connectivity index (χ1) is 7.70. The summed E-state index contributed by atoms with van der Waals surface area (Å²) in [6.07, 6.45) is 1.72. The zero-order valence-corrected chi connectivity index (χ0v) is 8.58. The van der Waals surface area contributed by atoms with E-state index in [0.717, 1.165) is 5.01 Å². The fraction of sp³-hybridized carbons (Fsp3) is 0.818. The number of hydrazine groups is 1. The van der Waals surface area contributed by atoms with Crippen LogP contribution in [0.5, 0.6) is 0 Å². The van der Waals surface area contributed by atoms with Gasteiger partial charge in [0, 0.05) is 11.8 Å². The topological polar surface area (TPSA) is 75.9 Å². The van der Waals surface area contributed by atoms with Gasteiger partial charge in [-0.3, -0.25) is 9.59 Å². The van der Waals surface area contributed by atoms with Crippen molar-refractivity contribution in [2.24, 2.45) is 41.4 Å². The molecule has 6 rings (SSSR count). The van der Waals surface area contributed by atoms with Crippen LogP contribution >= 0.6 is 0 Å². The Hall–Kier alpha value is -0.940. The Morgan fingerprint density at radius 3 is 2.06 bits per heavy atom. The highest BCUT2D eigenvalue weighted by atomic mass is 16.6. The van der Waals surface area contributed by atoms with Crippen LogP contribution in [0, 0.1) is 35.5 Å². The molecule has 4 aliphatic carbocycles. The third kappa shape index (κ3) is 0.627. The Morgan fingerprint density at radius 1 is 1.06 bits per heavy atom. The van der Waals surface area contributed by atoms with Gasteiger partial charge >= 0.3 is 0 Å². The molecule has 8 atom stereocenters. The number of amides is 2. The van der Waals surface area contributed by atoms with Crippen LogP contribution in [0.15, 0.2) is 0 Å². The number of hydrogen-bond acceptors (Lipinski definition) is 4. The highest BCUT2D eigenvalue weighted by Gasteiger charge is 2.79. The van der Waals surface area contributed by atoms with Gasteiger partial charge in [-0.25, -0.2) is 10.9 Å². The van der Waals surface area contributed by atoms with Gasteiger partial charge in [-0.15, -0.1) is 0 Å². The molecule has 0 aromatic carbocycles. The second-order valence-corrected chi connectivity index (χ2v) is 5.88. The molecule has 0 radical (unpaired) electrons. The van der Waals surface area contributed by atoms with Crippen molar-refractivity contribution in [3.05, 3.63) is 0 Å². The highest BCUT2D eigenvalue weighted by molar-refractivity contribution is 6.05.